The maximum atomic E-state index is 13.5. The fourth-order valence-corrected chi connectivity index (χ4v) is 5.63. The van der Waals surface area contributed by atoms with Gasteiger partial charge in [0.15, 0.2) is 0 Å². The number of rotatable bonds is 4. The van der Waals surface area contributed by atoms with E-state index in [1.54, 1.807) is 11.3 Å². The number of alkyl halides is 1. The van der Waals surface area contributed by atoms with Gasteiger partial charge in [-0.1, -0.05) is 12.1 Å². The van der Waals surface area contributed by atoms with Gasteiger partial charge in [0.2, 0.25) is 5.91 Å². The van der Waals surface area contributed by atoms with E-state index in [0.717, 1.165) is 12.8 Å². The molecule has 1 aromatic carbocycles. The molecule has 0 saturated carbocycles. The Kier molecular flexibility index (Phi) is 4.75. The number of thiophene rings is 1. The zero-order chi connectivity index (χ0) is 18.4. The third kappa shape index (κ3) is 2.94. The summed E-state index contributed by atoms with van der Waals surface area (Å²) in [4.78, 5) is 15.0. The lowest BCUT2D eigenvalue weighted by molar-refractivity contribution is -0.129. The largest absolute Gasteiger partial charge is 0.394 e. The number of piperidine rings is 1. The van der Waals surface area contributed by atoms with Gasteiger partial charge in [-0.15, -0.1) is 11.3 Å². The molecule has 0 radical (unpaired) electrons. The average molecular weight is 376 g/mol. The number of amides is 1. The Morgan fingerprint density at radius 3 is 3.04 bits per heavy atom. The Morgan fingerprint density at radius 2 is 2.31 bits per heavy atom. The van der Waals surface area contributed by atoms with Crippen molar-refractivity contribution in [1.29, 1.82) is 0 Å². The van der Waals surface area contributed by atoms with E-state index in [4.69, 9.17) is 0 Å². The van der Waals surface area contributed by atoms with Crippen molar-refractivity contribution >= 4 is 27.3 Å². The number of nitrogens with zero attached hydrogens (tertiary/aromatic N) is 1. The molecule has 5 atom stereocenters. The Labute approximate surface area is 157 Å². The van der Waals surface area contributed by atoms with E-state index in [1.807, 2.05) is 0 Å². The van der Waals surface area contributed by atoms with Crippen molar-refractivity contribution in [1.82, 2.24) is 10.2 Å². The molecule has 2 N–H and O–H groups in total. The first-order chi connectivity index (χ1) is 12.5. The molecule has 1 saturated heterocycles. The fourth-order valence-electron chi connectivity index (χ4n) is 4.62. The molecule has 4 rings (SSSR count). The monoisotopic (exact) mass is 376 g/mol. The number of hydrogen-bond donors (Lipinski definition) is 2. The number of nitrogens with one attached hydrogen (secondary N) is 1. The molecule has 5 unspecified atom stereocenters. The molecule has 140 valence electrons. The summed E-state index contributed by atoms with van der Waals surface area (Å²) in [5.41, 5.74) is 2.76. The highest BCUT2D eigenvalue weighted by molar-refractivity contribution is 7.17. The van der Waals surface area contributed by atoms with E-state index in [9.17, 15) is 14.3 Å². The number of aliphatic hydroxyl groups excluding tert-OH is 1. The number of aliphatic hydroxyl groups is 1. The van der Waals surface area contributed by atoms with E-state index in [2.05, 4.69) is 40.8 Å². The first-order valence-electron chi connectivity index (χ1n) is 9.24. The molecule has 6 heteroatoms. The quantitative estimate of drug-likeness (QED) is 0.863. The lowest BCUT2D eigenvalue weighted by Gasteiger charge is -2.45. The summed E-state index contributed by atoms with van der Waals surface area (Å²) in [5.74, 6) is -0.0303. The third-order valence-corrected chi connectivity index (χ3v) is 7.06. The summed E-state index contributed by atoms with van der Waals surface area (Å²) >= 11 is 1.79. The number of carbonyl (C=O) groups is 1. The zero-order valence-corrected chi connectivity index (χ0v) is 15.9. The molecule has 26 heavy (non-hydrogen) atoms. The van der Waals surface area contributed by atoms with Crippen molar-refractivity contribution in [3.05, 3.63) is 34.7 Å². The van der Waals surface area contributed by atoms with E-state index in [-0.39, 0.29) is 18.4 Å². The molecule has 0 bridgehead atoms. The summed E-state index contributed by atoms with van der Waals surface area (Å²) in [7, 11) is 2.08. The van der Waals surface area contributed by atoms with E-state index in [1.165, 1.54) is 28.1 Å². The molecule has 2 heterocycles. The highest BCUT2D eigenvalue weighted by atomic mass is 32.1. The minimum atomic E-state index is -1.27. The van der Waals surface area contributed by atoms with Gasteiger partial charge in [-0.2, -0.15) is 0 Å². The maximum absolute atomic E-state index is 13.5. The van der Waals surface area contributed by atoms with Crippen molar-refractivity contribution in [3.8, 4) is 0 Å². The molecule has 1 aromatic heterocycles. The second kappa shape index (κ2) is 6.91. The van der Waals surface area contributed by atoms with Crippen LogP contribution in [0.25, 0.3) is 10.1 Å². The molecular weight excluding hydrogens is 351 g/mol. The van der Waals surface area contributed by atoms with Gasteiger partial charge in [0.05, 0.1) is 18.6 Å². The van der Waals surface area contributed by atoms with Crippen LogP contribution in [0.4, 0.5) is 4.39 Å². The number of halogens is 1. The van der Waals surface area contributed by atoms with Gasteiger partial charge in [-0.3, -0.25) is 4.79 Å². The van der Waals surface area contributed by atoms with E-state index < -0.39 is 12.2 Å². The summed E-state index contributed by atoms with van der Waals surface area (Å²) in [6, 6.07) is 6.04. The lowest BCUT2D eigenvalue weighted by atomic mass is 9.72. The van der Waals surface area contributed by atoms with Crippen LogP contribution in [0, 0.1) is 5.92 Å². The smallest absolute Gasteiger partial charge is 0.224 e. The van der Waals surface area contributed by atoms with Crippen LogP contribution in [0.15, 0.2) is 23.6 Å². The Morgan fingerprint density at radius 1 is 1.50 bits per heavy atom. The van der Waals surface area contributed by atoms with Crippen molar-refractivity contribution in [2.45, 2.75) is 43.9 Å². The summed E-state index contributed by atoms with van der Waals surface area (Å²) < 4.78 is 14.9. The molecule has 4 nitrogen and oxygen atoms in total. The van der Waals surface area contributed by atoms with Crippen LogP contribution in [-0.2, 0) is 11.2 Å². The van der Waals surface area contributed by atoms with Crippen LogP contribution in [0.5, 0.6) is 0 Å². The average Bonchev–Trinajstić information content (AvgIpc) is 3.04. The van der Waals surface area contributed by atoms with Crippen LogP contribution >= 0.6 is 11.3 Å². The highest BCUT2D eigenvalue weighted by Crippen LogP contribution is 2.46. The molecule has 2 aliphatic rings. The fraction of sp³-hybridized carbons (Fsp3) is 0.550. The van der Waals surface area contributed by atoms with Crippen molar-refractivity contribution in [2.75, 3.05) is 20.2 Å². The summed E-state index contributed by atoms with van der Waals surface area (Å²) in [5, 5.41) is 15.7. The van der Waals surface area contributed by atoms with Crippen molar-refractivity contribution < 1.29 is 14.3 Å². The van der Waals surface area contributed by atoms with Gasteiger partial charge in [-0.05, 0) is 54.8 Å². The molecule has 1 aliphatic heterocycles. The zero-order valence-electron chi connectivity index (χ0n) is 15.1. The van der Waals surface area contributed by atoms with Crippen LogP contribution in [0.2, 0.25) is 0 Å². The van der Waals surface area contributed by atoms with E-state index >= 15 is 0 Å². The minimum absolute atomic E-state index is 0.151. The van der Waals surface area contributed by atoms with Gasteiger partial charge in [0.25, 0.3) is 0 Å². The van der Waals surface area contributed by atoms with Crippen LogP contribution in [-0.4, -0.2) is 54.4 Å². The third-order valence-electron chi connectivity index (χ3n) is 6.06. The molecule has 2 aromatic rings. The predicted octanol–water partition coefficient (Wildman–Crippen LogP) is 2.70. The van der Waals surface area contributed by atoms with Gasteiger partial charge < -0.3 is 15.3 Å². The lowest BCUT2D eigenvalue weighted by Crippen LogP contribution is -2.53. The Balaban J connectivity index is 1.60. The molecule has 0 spiro atoms. The first kappa shape index (κ1) is 17.9. The van der Waals surface area contributed by atoms with Crippen LogP contribution in [0.1, 0.15) is 30.4 Å². The molecular formula is C20H25FN2O2S. The van der Waals surface area contributed by atoms with Gasteiger partial charge in [-0.25, -0.2) is 4.39 Å². The Hall–Kier alpha value is -1.50. The van der Waals surface area contributed by atoms with Crippen molar-refractivity contribution in [3.63, 3.8) is 0 Å². The first-order valence-corrected chi connectivity index (χ1v) is 10.1. The SMILES string of the molecule is CC(F)C(CO)NC(=O)C1CC2c3cccc4scc(c34)CC2N(C)C1. The number of carbonyl (C=O) groups excluding carboxylic acids is 1. The van der Waals surface area contributed by atoms with Crippen molar-refractivity contribution in [2.24, 2.45) is 5.92 Å². The predicted molar refractivity (Wildman–Crippen MR) is 102 cm³/mol. The maximum Gasteiger partial charge on any atom is 0.224 e. The number of fused-ring (bicyclic) bond motifs is 2. The van der Waals surface area contributed by atoms with Crippen LogP contribution < -0.4 is 5.32 Å². The second-order valence-corrected chi connectivity index (χ2v) is 8.62. The van der Waals surface area contributed by atoms with Crippen LogP contribution in [0.3, 0.4) is 0 Å². The van der Waals surface area contributed by atoms with Gasteiger partial charge >= 0.3 is 0 Å². The topological polar surface area (TPSA) is 52.6 Å². The summed E-state index contributed by atoms with van der Waals surface area (Å²) in [6.45, 7) is 1.65. The number of benzene rings is 1. The number of hydrogen-bond acceptors (Lipinski definition) is 4. The molecule has 1 fully saturated rings. The molecule has 1 aliphatic carbocycles. The number of likely N-dealkylation sites (tertiary alicyclic amines) is 1. The minimum Gasteiger partial charge on any atom is -0.394 e. The number of likely N-dealkylation sites (N-methyl/N-ethyl adjacent to an activating group) is 1. The second-order valence-electron chi connectivity index (χ2n) is 7.71. The summed E-state index contributed by atoms with van der Waals surface area (Å²) in [6.07, 6.45) is 0.524. The highest BCUT2D eigenvalue weighted by Gasteiger charge is 2.41. The normalized spacial score (nSPS) is 27.8. The standard InChI is InChI=1S/C20H25FN2O2S/c1-11(21)16(9-24)22-20(25)12-6-15-14-4-3-5-18-19(14)13(10-26-18)7-17(15)23(2)8-12/h3-5,10-12,15-17,24H,6-9H2,1-2H3,(H,22,25). The van der Waals surface area contributed by atoms with Gasteiger partial charge in [0, 0.05) is 23.2 Å². The molecule has 1 amide bonds. The Bertz CT molecular complexity index is 821. The van der Waals surface area contributed by atoms with Gasteiger partial charge in [0.1, 0.15) is 6.17 Å². The van der Waals surface area contributed by atoms with E-state index in [0.29, 0.717) is 18.5 Å².